The molecule has 5 rings (SSSR count). The third-order valence-electron chi connectivity index (χ3n) is 6.33. The third-order valence-corrected chi connectivity index (χ3v) is 6.33. The van der Waals surface area contributed by atoms with Gasteiger partial charge in [-0.05, 0) is 68.7 Å². The maximum atomic E-state index is 6.66. The van der Waals surface area contributed by atoms with Crippen LogP contribution in [0.1, 0.15) is 49.3 Å². The Bertz CT molecular complexity index is 1330. The number of anilines is 1. The van der Waals surface area contributed by atoms with Crippen molar-refractivity contribution in [3.8, 4) is 0 Å². The van der Waals surface area contributed by atoms with Gasteiger partial charge in [-0.3, -0.25) is 0 Å². The Labute approximate surface area is 183 Å². The summed E-state index contributed by atoms with van der Waals surface area (Å²) in [7, 11) is 0. The summed E-state index contributed by atoms with van der Waals surface area (Å²) < 4.78 is 12.7. The fraction of sp³-hybridized carbons (Fsp3) is 0.296. The lowest BCUT2D eigenvalue weighted by Gasteiger charge is -2.30. The van der Waals surface area contributed by atoms with Gasteiger partial charge in [-0.1, -0.05) is 32.0 Å². The molecule has 1 unspecified atom stereocenters. The largest absolute Gasteiger partial charge is 0.468 e. The second-order valence-corrected chi connectivity index (χ2v) is 8.84. The molecule has 31 heavy (non-hydrogen) atoms. The molecule has 0 fully saturated rings. The summed E-state index contributed by atoms with van der Waals surface area (Å²) in [5.74, 6) is 1.35. The van der Waals surface area contributed by atoms with E-state index in [1.54, 1.807) is 6.20 Å². The van der Waals surface area contributed by atoms with Crippen molar-refractivity contribution in [3.05, 3.63) is 82.4 Å². The first kappa shape index (κ1) is 19.7. The molecule has 4 nitrogen and oxygen atoms in total. The molecular weight excluding hydrogens is 384 g/mol. The predicted molar refractivity (Wildman–Crippen MR) is 126 cm³/mol. The number of allylic oxidation sites excluding steroid dienone is 2. The van der Waals surface area contributed by atoms with Gasteiger partial charge in [0.1, 0.15) is 11.3 Å². The number of nitrogens with zero attached hydrogens (tertiary/aromatic N) is 2. The molecule has 0 bridgehead atoms. The van der Waals surface area contributed by atoms with Gasteiger partial charge in [-0.25, -0.2) is 4.98 Å². The van der Waals surface area contributed by atoms with Crippen LogP contribution in [0.5, 0.6) is 0 Å². The lowest BCUT2D eigenvalue weighted by Crippen LogP contribution is -2.25. The molecule has 0 amide bonds. The number of hydrogen-bond donors (Lipinski definition) is 0. The number of aromatic nitrogens is 1. The summed E-state index contributed by atoms with van der Waals surface area (Å²) >= 11 is 0. The highest BCUT2D eigenvalue weighted by Gasteiger charge is 2.37. The highest BCUT2D eigenvalue weighted by molar-refractivity contribution is 6.05. The molecule has 2 aromatic carbocycles. The number of furan rings is 1. The summed E-state index contributed by atoms with van der Waals surface area (Å²) in [6, 6.07) is 14.8. The maximum absolute atomic E-state index is 6.66. The van der Waals surface area contributed by atoms with Gasteiger partial charge in [0, 0.05) is 34.1 Å². The van der Waals surface area contributed by atoms with Crippen LogP contribution < -0.4 is 4.90 Å². The van der Waals surface area contributed by atoms with Crippen molar-refractivity contribution in [2.75, 3.05) is 4.90 Å². The van der Waals surface area contributed by atoms with Crippen molar-refractivity contribution in [3.63, 3.8) is 0 Å². The predicted octanol–water partition coefficient (Wildman–Crippen LogP) is 7.33. The number of pyridine rings is 1. The summed E-state index contributed by atoms with van der Waals surface area (Å²) in [6.45, 7) is 13.0. The van der Waals surface area contributed by atoms with E-state index in [0.29, 0.717) is 11.6 Å². The quantitative estimate of drug-likeness (QED) is 0.353. The molecule has 0 N–H and O–H groups in total. The van der Waals surface area contributed by atoms with E-state index >= 15 is 0 Å². The topological polar surface area (TPSA) is 38.5 Å². The van der Waals surface area contributed by atoms with Gasteiger partial charge in [-0.15, -0.1) is 0 Å². The van der Waals surface area contributed by atoms with Crippen molar-refractivity contribution in [1.82, 2.24) is 4.98 Å². The van der Waals surface area contributed by atoms with E-state index < -0.39 is 0 Å². The minimum atomic E-state index is -0.189. The van der Waals surface area contributed by atoms with Gasteiger partial charge in [-0.2, -0.15) is 0 Å². The van der Waals surface area contributed by atoms with Crippen LogP contribution >= 0.6 is 0 Å². The molecule has 0 radical (unpaired) electrons. The third kappa shape index (κ3) is 3.01. The van der Waals surface area contributed by atoms with Gasteiger partial charge in [0.2, 0.25) is 11.9 Å². The van der Waals surface area contributed by atoms with E-state index in [1.165, 1.54) is 16.7 Å². The molecule has 0 saturated carbocycles. The first-order valence-electron chi connectivity index (χ1n) is 10.9. The van der Waals surface area contributed by atoms with E-state index in [-0.39, 0.29) is 6.23 Å². The summed E-state index contributed by atoms with van der Waals surface area (Å²) in [5, 5.41) is 2.11. The average molecular weight is 413 g/mol. The fourth-order valence-electron chi connectivity index (χ4n) is 4.82. The van der Waals surface area contributed by atoms with Crippen molar-refractivity contribution >= 4 is 27.8 Å². The van der Waals surface area contributed by atoms with Crippen molar-refractivity contribution in [2.24, 2.45) is 5.92 Å². The molecule has 1 atom stereocenters. The van der Waals surface area contributed by atoms with Crippen molar-refractivity contribution in [1.29, 1.82) is 0 Å². The summed E-state index contributed by atoms with van der Waals surface area (Å²) in [6.07, 6.45) is 1.58. The number of hydrogen-bond acceptors (Lipinski definition) is 4. The van der Waals surface area contributed by atoms with E-state index in [9.17, 15) is 0 Å². The summed E-state index contributed by atoms with van der Waals surface area (Å²) in [4.78, 5) is 6.75. The molecule has 3 heterocycles. The van der Waals surface area contributed by atoms with Crippen LogP contribution in [-0.4, -0.2) is 4.98 Å². The minimum Gasteiger partial charge on any atom is -0.468 e. The van der Waals surface area contributed by atoms with Crippen LogP contribution in [0.2, 0.25) is 0 Å². The van der Waals surface area contributed by atoms with Crippen molar-refractivity contribution in [2.45, 2.75) is 47.8 Å². The van der Waals surface area contributed by atoms with Gasteiger partial charge in [0.15, 0.2) is 0 Å². The minimum absolute atomic E-state index is 0.189. The van der Waals surface area contributed by atoms with Gasteiger partial charge in [0.25, 0.3) is 0 Å². The highest BCUT2D eigenvalue weighted by Crippen LogP contribution is 2.46. The molecule has 4 heteroatoms. The lowest BCUT2D eigenvalue weighted by atomic mass is 9.99. The molecular formula is C27H28N2O2. The molecule has 158 valence electrons. The Balaban J connectivity index is 1.76. The smallest absolute Gasteiger partial charge is 0.227 e. The molecule has 0 aliphatic carbocycles. The highest BCUT2D eigenvalue weighted by atomic mass is 16.5. The second kappa shape index (κ2) is 7.16. The fourth-order valence-corrected chi connectivity index (χ4v) is 4.82. The van der Waals surface area contributed by atoms with Crippen LogP contribution in [0, 0.1) is 26.7 Å². The van der Waals surface area contributed by atoms with Crippen LogP contribution in [0.15, 0.2) is 64.5 Å². The number of ether oxygens (including phenoxy) is 1. The second-order valence-electron chi connectivity index (χ2n) is 8.84. The van der Waals surface area contributed by atoms with E-state index in [2.05, 4.69) is 87.8 Å². The van der Waals surface area contributed by atoms with Gasteiger partial charge in [0.05, 0.1) is 5.70 Å². The summed E-state index contributed by atoms with van der Waals surface area (Å²) in [5.41, 5.74) is 8.70. The van der Waals surface area contributed by atoms with Crippen LogP contribution in [0.4, 0.5) is 5.69 Å². The molecule has 0 spiro atoms. The number of benzene rings is 2. The monoisotopic (exact) mass is 412 g/mol. The molecule has 4 aromatic rings. The Hall–Kier alpha value is -3.27. The first-order chi connectivity index (χ1) is 14.9. The molecule has 2 aromatic heterocycles. The zero-order valence-corrected chi connectivity index (χ0v) is 19.0. The van der Waals surface area contributed by atoms with Crippen molar-refractivity contribution < 1.29 is 9.15 Å². The van der Waals surface area contributed by atoms with Gasteiger partial charge < -0.3 is 14.1 Å². The Morgan fingerprint density at radius 2 is 1.65 bits per heavy atom. The number of fused-ring (bicyclic) bond motifs is 3. The average Bonchev–Trinajstić information content (AvgIpc) is 3.24. The van der Waals surface area contributed by atoms with E-state index in [1.807, 2.05) is 6.07 Å². The molecule has 0 saturated heterocycles. The Morgan fingerprint density at radius 3 is 2.35 bits per heavy atom. The lowest BCUT2D eigenvalue weighted by molar-refractivity contribution is 0.126. The Morgan fingerprint density at radius 1 is 0.903 bits per heavy atom. The van der Waals surface area contributed by atoms with Crippen LogP contribution in [0.25, 0.3) is 22.1 Å². The first-order valence-corrected chi connectivity index (χ1v) is 10.9. The zero-order valence-electron chi connectivity index (χ0n) is 19.0. The zero-order chi connectivity index (χ0) is 21.9. The van der Waals surface area contributed by atoms with E-state index in [0.717, 1.165) is 39.1 Å². The maximum Gasteiger partial charge on any atom is 0.227 e. The molecule has 1 aliphatic heterocycles. The van der Waals surface area contributed by atoms with Crippen LogP contribution in [0.3, 0.4) is 0 Å². The SMILES string of the molecule is CC1=C(C(C)C)OC(c2c(C)cccc2C)N1c1cc2c(cc1C)oc1ncccc12. The standard InChI is InChI=1S/C27H28N2O2/c1-15(2)25-19(6)29(27(31-25)24-16(3)9-7-10-17(24)4)22-14-21-20-11-8-12-28-26(20)30-23(21)13-18(22)5/h7-15,27H,1-6H3. The number of aryl methyl sites for hydroxylation is 3. The van der Waals surface area contributed by atoms with E-state index in [4.69, 9.17) is 9.15 Å². The normalized spacial score (nSPS) is 16.7. The van der Waals surface area contributed by atoms with Crippen LogP contribution in [-0.2, 0) is 4.74 Å². The molecule has 1 aliphatic rings. The number of rotatable bonds is 3. The Kier molecular flexibility index (Phi) is 4.54. The van der Waals surface area contributed by atoms with Gasteiger partial charge >= 0.3 is 0 Å².